The minimum Gasteiger partial charge on any atom is -0.365 e. The lowest BCUT2D eigenvalue weighted by molar-refractivity contribution is -0.120. The molecule has 0 spiro atoms. The van der Waals surface area contributed by atoms with Crippen molar-refractivity contribution in [1.82, 2.24) is 15.6 Å². The minimum atomic E-state index is -0.267. The molecule has 0 fully saturated rings. The fourth-order valence-electron chi connectivity index (χ4n) is 1.61. The molecule has 2 amide bonds. The van der Waals surface area contributed by atoms with Crippen molar-refractivity contribution in [2.75, 3.05) is 18.9 Å². The van der Waals surface area contributed by atoms with E-state index in [2.05, 4.69) is 20.9 Å². The minimum absolute atomic E-state index is 0.0588. The number of rotatable bonds is 6. The van der Waals surface area contributed by atoms with Crippen molar-refractivity contribution in [3.63, 3.8) is 0 Å². The van der Waals surface area contributed by atoms with E-state index >= 15 is 0 Å². The summed E-state index contributed by atoms with van der Waals surface area (Å²) in [5, 5.41) is 10.9. The zero-order valence-corrected chi connectivity index (χ0v) is 12.4. The highest BCUT2D eigenvalue weighted by Gasteiger charge is 2.08. The normalized spacial score (nSPS) is 9.95. The van der Waals surface area contributed by atoms with Gasteiger partial charge in [-0.15, -0.1) is 11.3 Å². The maximum absolute atomic E-state index is 11.8. The first kappa shape index (κ1) is 15.0. The van der Waals surface area contributed by atoms with Crippen LogP contribution in [0.15, 0.2) is 35.7 Å². The Morgan fingerprint density at radius 2 is 1.95 bits per heavy atom. The molecule has 0 radical (unpaired) electrons. The molecule has 1 heterocycles. The van der Waals surface area contributed by atoms with Crippen LogP contribution in [0.3, 0.4) is 0 Å². The van der Waals surface area contributed by atoms with Crippen LogP contribution in [0.25, 0.3) is 0 Å². The zero-order valence-electron chi connectivity index (χ0n) is 11.6. The number of hydrogen-bond acceptors (Lipinski definition) is 5. The highest BCUT2D eigenvalue weighted by atomic mass is 32.1. The van der Waals surface area contributed by atoms with Gasteiger partial charge in [-0.3, -0.25) is 9.59 Å². The Hall–Kier alpha value is -2.41. The van der Waals surface area contributed by atoms with Gasteiger partial charge in [-0.05, 0) is 12.1 Å². The number of hydrogen-bond donors (Lipinski definition) is 3. The van der Waals surface area contributed by atoms with E-state index in [4.69, 9.17) is 0 Å². The summed E-state index contributed by atoms with van der Waals surface area (Å²) in [6.07, 6.45) is 0. The van der Waals surface area contributed by atoms with Crippen LogP contribution >= 0.6 is 11.3 Å². The SMILES string of the molecule is CNc1nc(CNC(=O)CNC(=O)c2ccccc2)cs1. The molecule has 3 N–H and O–H groups in total. The molecule has 6 nitrogen and oxygen atoms in total. The van der Waals surface area contributed by atoms with Crippen LogP contribution < -0.4 is 16.0 Å². The van der Waals surface area contributed by atoms with Gasteiger partial charge in [0.25, 0.3) is 5.91 Å². The lowest BCUT2D eigenvalue weighted by atomic mass is 10.2. The number of nitrogens with one attached hydrogen (secondary N) is 3. The summed E-state index contributed by atoms with van der Waals surface area (Å²) in [7, 11) is 1.79. The number of carbonyl (C=O) groups is 2. The molecule has 0 aliphatic carbocycles. The molecule has 110 valence electrons. The topological polar surface area (TPSA) is 83.1 Å². The van der Waals surface area contributed by atoms with Gasteiger partial charge in [0.1, 0.15) is 0 Å². The fourth-order valence-corrected chi connectivity index (χ4v) is 2.28. The molecule has 0 bridgehead atoms. The number of carbonyl (C=O) groups excluding carboxylic acids is 2. The first-order valence-corrected chi connectivity index (χ1v) is 7.29. The molecule has 0 saturated heterocycles. The molecule has 0 aliphatic heterocycles. The summed E-state index contributed by atoms with van der Waals surface area (Å²) in [6, 6.07) is 8.77. The van der Waals surface area contributed by atoms with Crippen LogP contribution in [0.5, 0.6) is 0 Å². The molecular weight excluding hydrogens is 288 g/mol. The second kappa shape index (κ2) is 7.39. The van der Waals surface area contributed by atoms with E-state index in [1.165, 1.54) is 11.3 Å². The Balaban J connectivity index is 1.73. The second-order valence-corrected chi connectivity index (χ2v) is 5.08. The predicted molar refractivity (Wildman–Crippen MR) is 82.3 cm³/mol. The number of anilines is 1. The molecule has 2 aromatic rings. The zero-order chi connectivity index (χ0) is 15.1. The van der Waals surface area contributed by atoms with Gasteiger partial charge in [-0.25, -0.2) is 4.98 Å². The van der Waals surface area contributed by atoms with Crippen LogP contribution in [0.4, 0.5) is 5.13 Å². The Labute approximate surface area is 126 Å². The first-order valence-electron chi connectivity index (χ1n) is 6.41. The van der Waals surface area contributed by atoms with Crippen molar-refractivity contribution in [1.29, 1.82) is 0 Å². The van der Waals surface area contributed by atoms with Crippen molar-refractivity contribution in [2.45, 2.75) is 6.54 Å². The fraction of sp³-hybridized carbons (Fsp3) is 0.214. The van der Waals surface area contributed by atoms with Crippen LogP contribution in [0.1, 0.15) is 16.1 Å². The van der Waals surface area contributed by atoms with Crippen LogP contribution in [-0.4, -0.2) is 30.4 Å². The van der Waals surface area contributed by atoms with Crippen molar-refractivity contribution in [3.05, 3.63) is 47.0 Å². The van der Waals surface area contributed by atoms with Gasteiger partial charge >= 0.3 is 0 Å². The van der Waals surface area contributed by atoms with Crippen LogP contribution in [0.2, 0.25) is 0 Å². The molecule has 1 aromatic heterocycles. The van der Waals surface area contributed by atoms with E-state index in [-0.39, 0.29) is 18.4 Å². The Morgan fingerprint density at radius 1 is 1.19 bits per heavy atom. The van der Waals surface area contributed by atoms with E-state index in [1.807, 2.05) is 11.4 Å². The molecule has 2 rings (SSSR count). The third kappa shape index (κ3) is 4.57. The summed E-state index contributed by atoms with van der Waals surface area (Å²) in [5.74, 6) is -0.518. The molecular formula is C14H16N4O2S. The Kier molecular flexibility index (Phi) is 5.28. The molecule has 0 saturated carbocycles. The lowest BCUT2D eigenvalue weighted by Gasteiger charge is -2.05. The molecule has 0 aliphatic rings. The summed E-state index contributed by atoms with van der Waals surface area (Å²) >= 11 is 1.47. The molecule has 7 heteroatoms. The van der Waals surface area contributed by atoms with E-state index < -0.39 is 0 Å². The highest BCUT2D eigenvalue weighted by Crippen LogP contribution is 2.13. The van der Waals surface area contributed by atoms with Crippen molar-refractivity contribution >= 4 is 28.3 Å². The average molecular weight is 304 g/mol. The van der Waals surface area contributed by atoms with Crippen molar-refractivity contribution < 1.29 is 9.59 Å². The monoisotopic (exact) mass is 304 g/mol. The van der Waals surface area contributed by atoms with Crippen LogP contribution in [-0.2, 0) is 11.3 Å². The number of nitrogens with zero attached hydrogens (tertiary/aromatic N) is 1. The van der Waals surface area contributed by atoms with E-state index in [1.54, 1.807) is 31.3 Å². The quantitative estimate of drug-likeness (QED) is 0.749. The summed E-state index contributed by atoms with van der Waals surface area (Å²) in [5.41, 5.74) is 1.32. The van der Waals surface area contributed by atoms with Gasteiger partial charge in [0, 0.05) is 18.0 Å². The maximum Gasteiger partial charge on any atom is 0.251 e. The second-order valence-electron chi connectivity index (χ2n) is 4.22. The van der Waals surface area contributed by atoms with Gasteiger partial charge < -0.3 is 16.0 Å². The third-order valence-electron chi connectivity index (χ3n) is 2.68. The smallest absolute Gasteiger partial charge is 0.251 e. The lowest BCUT2D eigenvalue weighted by Crippen LogP contribution is -2.36. The van der Waals surface area contributed by atoms with E-state index in [0.717, 1.165) is 10.8 Å². The molecule has 1 aromatic carbocycles. The Bertz CT molecular complexity index is 612. The number of aromatic nitrogens is 1. The molecule has 0 unspecified atom stereocenters. The Morgan fingerprint density at radius 3 is 2.62 bits per heavy atom. The summed E-state index contributed by atoms with van der Waals surface area (Å²) < 4.78 is 0. The van der Waals surface area contributed by atoms with Crippen molar-refractivity contribution in [3.8, 4) is 0 Å². The number of thiazole rings is 1. The molecule has 0 atom stereocenters. The molecule has 21 heavy (non-hydrogen) atoms. The van der Waals surface area contributed by atoms with E-state index in [0.29, 0.717) is 12.1 Å². The van der Waals surface area contributed by atoms with Gasteiger partial charge in [0.05, 0.1) is 18.8 Å². The highest BCUT2D eigenvalue weighted by molar-refractivity contribution is 7.13. The van der Waals surface area contributed by atoms with E-state index in [9.17, 15) is 9.59 Å². The van der Waals surface area contributed by atoms with Crippen LogP contribution in [0, 0.1) is 0 Å². The standard InChI is InChI=1S/C14H16N4O2S/c1-15-14-18-11(9-21-14)7-16-12(19)8-17-13(20)10-5-3-2-4-6-10/h2-6,9H,7-8H2,1H3,(H,15,18)(H,16,19)(H,17,20). The van der Waals surface area contributed by atoms with Gasteiger partial charge in [0.15, 0.2) is 5.13 Å². The van der Waals surface area contributed by atoms with Gasteiger partial charge in [0.2, 0.25) is 5.91 Å². The average Bonchev–Trinajstić information content (AvgIpc) is 2.99. The number of benzene rings is 1. The summed E-state index contributed by atoms with van der Waals surface area (Å²) in [4.78, 5) is 27.7. The maximum atomic E-state index is 11.8. The number of amides is 2. The predicted octanol–water partition coefficient (Wildman–Crippen LogP) is 1.23. The summed E-state index contributed by atoms with van der Waals surface area (Å²) in [6.45, 7) is 0.287. The third-order valence-corrected chi connectivity index (χ3v) is 3.59. The first-order chi connectivity index (χ1) is 10.2. The van der Waals surface area contributed by atoms with Gasteiger partial charge in [-0.2, -0.15) is 0 Å². The van der Waals surface area contributed by atoms with Gasteiger partial charge in [-0.1, -0.05) is 18.2 Å². The van der Waals surface area contributed by atoms with Crippen molar-refractivity contribution in [2.24, 2.45) is 0 Å². The largest absolute Gasteiger partial charge is 0.365 e.